The van der Waals surface area contributed by atoms with Gasteiger partial charge in [-0.15, -0.1) is 22.4 Å². The zero-order valence-corrected chi connectivity index (χ0v) is 24.6. The van der Waals surface area contributed by atoms with E-state index in [-0.39, 0.29) is 32.3 Å². The van der Waals surface area contributed by atoms with Crippen molar-refractivity contribution in [3.8, 4) is 11.1 Å². The Hall–Kier alpha value is -3.28. The molecule has 1 aromatic heterocycles. The number of aliphatic hydroxyl groups excluding tert-OH is 2. The summed E-state index contributed by atoms with van der Waals surface area (Å²) in [6.07, 6.45) is 5.67. The first-order chi connectivity index (χ1) is 18.4. The van der Waals surface area contributed by atoms with Gasteiger partial charge < -0.3 is 20.0 Å². The van der Waals surface area contributed by atoms with Crippen molar-refractivity contribution in [1.29, 1.82) is 0 Å². The van der Waals surface area contributed by atoms with Crippen molar-refractivity contribution in [2.24, 2.45) is 0 Å². The number of aliphatic hydroxyl groups is 2. The van der Waals surface area contributed by atoms with E-state index in [4.69, 9.17) is 15.2 Å². The first kappa shape index (κ1) is 28.7. The van der Waals surface area contributed by atoms with Crippen LogP contribution in [0.25, 0.3) is 11.1 Å². The van der Waals surface area contributed by atoms with Crippen LogP contribution in [-0.4, -0.2) is 39.4 Å². The van der Waals surface area contributed by atoms with E-state index in [2.05, 4.69) is 83.8 Å². The molecule has 0 bridgehead atoms. The van der Waals surface area contributed by atoms with Crippen molar-refractivity contribution in [3.63, 3.8) is 0 Å². The summed E-state index contributed by atoms with van der Waals surface area (Å²) in [6.45, 7) is 5.37. The van der Waals surface area contributed by atoms with Gasteiger partial charge in [0.15, 0.2) is 0 Å². The molecule has 5 nitrogen and oxygen atoms in total. The number of benzene rings is 3. The molecule has 3 aromatic carbocycles. The third-order valence-electron chi connectivity index (χ3n) is 6.81. The van der Waals surface area contributed by atoms with Crippen LogP contribution >= 0.6 is 0 Å². The first-order valence-corrected chi connectivity index (χ1v) is 12.9. The summed E-state index contributed by atoms with van der Waals surface area (Å²) in [4.78, 5) is 8.98. The van der Waals surface area contributed by atoms with Crippen LogP contribution < -0.4 is 4.90 Å². The van der Waals surface area contributed by atoms with E-state index in [1.165, 1.54) is 16.7 Å². The van der Waals surface area contributed by atoms with E-state index in [0.717, 1.165) is 22.5 Å². The van der Waals surface area contributed by atoms with Crippen LogP contribution in [0, 0.1) is 18.8 Å². The monoisotopic (exact) mass is 695 g/mol. The van der Waals surface area contributed by atoms with Crippen LogP contribution in [0.15, 0.2) is 97.5 Å². The number of anilines is 1. The molecule has 0 saturated carbocycles. The molecule has 200 valence electrons. The minimum absolute atomic E-state index is 0. The maximum atomic E-state index is 8.56. The number of pyridine rings is 1. The summed E-state index contributed by atoms with van der Waals surface area (Å²) >= 11 is 0. The Kier molecular flexibility index (Phi) is 9.04. The molecule has 6 heteroatoms. The number of nitrogens with zero attached hydrogens (tertiary/aromatic N) is 3. The molecule has 1 aliphatic heterocycles. The maximum Gasteiger partial charge on any atom is 3.00 e. The van der Waals surface area contributed by atoms with Gasteiger partial charge in [0.05, 0.1) is 17.9 Å². The number of hydrogen-bond acceptors (Lipinski definition) is 5. The van der Waals surface area contributed by atoms with Gasteiger partial charge in [0.25, 0.3) is 0 Å². The molecular formula is C33H32IrN3O2. The van der Waals surface area contributed by atoms with E-state index in [9.17, 15) is 0 Å². The van der Waals surface area contributed by atoms with Crippen LogP contribution in [0.5, 0.6) is 0 Å². The van der Waals surface area contributed by atoms with Crippen molar-refractivity contribution in [1.82, 2.24) is 9.88 Å². The smallest absolute Gasteiger partial charge is 0.510 e. The molecule has 0 amide bonds. The summed E-state index contributed by atoms with van der Waals surface area (Å²) in [5.41, 5.74) is 7.25. The van der Waals surface area contributed by atoms with Gasteiger partial charge >= 0.3 is 20.1 Å². The average Bonchev–Trinajstić information content (AvgIpc) is 3.49. The van der Waals surface area contributed by atoms with E-state index >= 15 is 0 Å². The summed E-state index contributed by atoms with van der Waals surface area (Å²) in [6, 6.07) is 34.7. The standard InChI is InChI=1S/C28H20N3.C5H12O2.Ir/c1-30-17-18-31(20-30)22-10-8-9-21(19-22)28(27-15-6-7-16-29-27)25-13-4-2-11-23(25)24-12-3-5-14-26(24)28;1-4(6)3-5(2)7;/h2-13,15-18,20H,1H3;4-7H,3H2,1-2H3;/q-3;;+3/t28-;;/m1../s1. The van der Waals surface area contributed by atoms with Gasteiger partial charge in [-0.3, -0.25) is 4.98 Å². The summed E-state index contributed by atoms with van der Waals surface area (Å²) in [5.74, 6) is 0. The third-order valence-corrected chi connectivity index (χ3v) is 6.81. The van der Waals surface area contributed by atoms with Gasteiger partial charge in [0.2, 0.25) is 0 Å². The molecule has 0 saturated heterocycles. The minimum atomic E-state index is -0.570. The summed E-state index contributed by atoms with van der Waals surface area (Å²) in [7, 11) is 2.02. The second-order valence-electron chi connectivity index (χ2n) is 9.84. The number of rotatable bonds is 5. The third kappa shape index (κ3) is 5.57. The SMILES string of the molecule is CC(O)CC(C)O.CN1C=CN(c2[c-]c([C@]3(c4ccccn4)c4[c-]cccc4-c4ccccc43)ccc2)[CH-]1.[Ir+3]. The van der Waals surface area contributed by atoms with Gasteiger partial charge in [-0.2, -0.15) is 55.2 Å². The first-order valence-electron chi connectivity index (χ1n) is 12.9. The van der Waals surface area contributed by atoms with Crippen molar-refractivity contribution in [3.05, 3.63) is 139 Å². The quantitative estimate of drug-likeness (QED) is 0.238. The predicted octanol–water partition coefficient (Wildman–Crippen LogP) is 5.52. The predicted molar refractivity (Wildman–Crippen MR) is 151 cm³/mol. The molecule has 0 spiro atoms. The Morgan fingerprint density at radius 2 is 1.64 bits per heavy atom. The summed E-state index contributed by atoms with van der Waals surface area (Å²) < 4.78 is 0. The second kappa shape index (κ2) is 12.3. The zero-order valence-electron chi connectivity index (χ0n) is 22.2. The Morgan fingerprint density at radius 3 is 2.31 bits per heavy atom. The number of aromatic nitrogens is 1. The van der Waals surface area contributed by atoms with Gasteiger partial charge in [-0.1, -0.05) is 35.9 Å². The molecule has 2 N–H and O–H groups in total. The molecule has 0 radical (unpaired) electrons. The van der Waals surface area contributed by atoms with Crippen LogP contribution in [0.4, 0.5) is 5.69 Å². The molecule has 4 aromatic rings. The van der Waals surface area contributed by atoms with Gasteiger partial charge in [-0.05, 0) is 57.4 Å². The zero-order chi connectivity index (χ0) is 26.7. The van der Waals surface area contributed by atoms with Crippen LogP contribution in [0.3, 0.4) is 0 Å². The normalized spacial score (nSPS) is 18.4. The van der Waals surface area contributed by atoms with Crippen LogP contribution in [-0.2, 0) is 25.5 Å². The molecule has 2 unspecified atom stereocenters. The van der Waals surface area contributed by atoms with Gasteiger partial charge in [0.1, 0.15) is 0 Å². The molecular weight excluding hydrogens is 663 g/mol. The summed E-state index contributed by atoms with van der Waals surface area (Å²) in [5, 5.41) is 17.1. The van der Waals surface area contributed by atoms with Crippen molar-refractivity contribution >= 4 is 5.69 Å². The fourth-order valence-electron chi connectivity index (χ4n) is 5.33. The fourth-order valence-corrected chi connectivity index (χ4v) is 5.33. The van der Waals surface area contributed by atoms with E-state index in [1.807, 2.05) is 49.3 Å². The topological polar surface area (TPSA) is 59.8 Å². The largest absolute Gasteiger partial charge is 3.00 e. The minimum Gasteiger partial charge on any atom is -0.510 e. The van der Waals surface area contributed by atoms with Gasteiger partial charge in [-0.25, -0.2) is 0 Å². The Bertz CT molecular complexity index is 1370. The average molecular weight is 695 g/mol. The molecule has 1 aliphatic carbocycles. The molecule has 2 heterocycles. The van der Waals surface area contributed by atoms with Crippen LogP contribution in [0.2, 0.25) is 0 Å². The van der Waals surface area contributed by atoms with Crippen molar-refractivity contribution in [2.45, 2.75) is 37.9 Å². The number of hydrogen-bond donors (Lipinski definition) is 2. The molecule has 3 atom stereocenters. The van der Waals surface area contributed by atoms with Gasteiger partial charge in [0, 0.05) is 11.6 Å². The van der Waals surface area contributed by atoms with E-state index < -0.39 is 5.41 Å². The molecule has 0 fully saturated rings. The molecule has 2 aliphatic rings. The Balaban J connectivity index is 0.000000394. The molecule has 6 rings (SSSR count). The van der Waals surface area contributed by atoms with E-state index in [1.54, 1.807) is 13.8 Å². The van der Waals surface area contributed by atoms with Crippen molar-refractivity contribution < 1.29 is 30.3 Å². The van der Waals surface area contributed by atoms with Crippen LogP contribution in [0.1, 0.15) is 42.7 Å². The van der Waals surface area contributed by atoms with Crippen molar-refractivity contribution in [2.75, 3.05) is 11.9 Å². The molecule has 39 heavy (non-hydrogen) atoms. The Labute approximate surface area is 244 Å². The maximum absolute atomic E-state index is 8.56. The second-order valence-corrected chi connectivity index (χ2v) is 9.84. The number of fused-ring (bicyclic) bond motifs is 3. The van der Waals surface area contributed by atoms with E-state index in [0.29, 0.717) is 6.42 Å². The fraction of sp³-hybridized carbons (Fsp3) is 0.212. The Morgan fingerprint density at radius 1 is 0.897 bits per heavy atom.